The molecule has 0 aromatic carbocycles. The summed E-state index contributed by atoms with van der Waals surface area (Å²) in [5, 5.41) is 0. The predicted octanol–water partition coefficient (Wildman–Crippen LogP) is 4.21. The van der Waals surface area contributed by atoms with Gasteiger partial charge in [-0.3, -0.25) is 0 Å². The Balaban J connectivity index is 3.18. The molecule has 1 saturated heterocycles. The second kappa shape index (κ2) is 3.80. The van der Waals surface area contributed by atoms with Crippen molar-refractivity contribution in [2.45, 2.75) is 71.7 Å². The molecule has 0 aromatic heterocycles. The largest absolute Gasteiger partial charge is 0.415 e. The Morgan fingerprint density at radius 2 is 1.44 bits per heavy atom. The van der Waals surface area contributed by atoms with E-state index in [-0.39, 0.29) is 5.60 Å². The highest BCUT2D eigenvalue weighted by Gasteiger charge is 2.61. The molecule has 0 saturated carbocycles. The van der Waals surface area contributed by atoms with Crippen LogP contribution in [0.25, 0.3) is 0 Å². The fourth-order valence-corrected chi connectivity index (χ4v) is 33.8. The average Bonchev–Trinajstić information content (AvgIpc) is 1.98. The molecule has 0 spiro atoms. The summed E-state index contributed by atoms with van der Waals surface area (Å²) in [6, 6.07) is 1.37. The van der Waals surface area contributed by atoms with E-state index in [4.69, 9.17) is 4.43 Å². The quantitative estimate of drug-likeness (QED) is 0.651. The molecule has 1 unspecified atom stereocenters. The highest BCUT2D eigenvalue weighted by atomic mass is 29.6. The van der Waals surface area contributed by atoms with Crippen molar-refractivity contribution in [3.63, 3.8) is 0 Å². The van der Waals surface area contributed by atoms with Gasteiger partial charge in [-0.2, -0.15) is 0 Å². The summed E-state index contributed by atoms with van der Waals surface area (Å²) in [6.45, 7) is 22.4. The lowest BCUT2D eigenvalue weighted by Crippen LogP contribution is -2.78. The first kappa shape index (κ1) is 14.7. The lowest BCUT2D eigenvalue weighted by Gasteiger charge is -2.59. The van der Waals surface area contributed by atoms with Crippen LogP contribution in [0.2, 0.25) is 45.3 Å². The smallest absolute Gasteiger partial charge is 0.172 e. The van der Waals surface area contributed by atoms with Crippen molar-refractivity contribution in [3.8, 4) is 0 Å². The first-order valence-corrected chi connectivity index (χ1v) is 17.7. The van der Waals surface area contributed by atoms with Crippen molar-refractivity contribution in [1.29, 1.82) is 0 Å². The van der Waals surface area contributed by atoms with Crippen LogP contribution in [0.4, 0.5) is 0 Å². The van der Waals surface area contributed by atoms with Gasteiger partial charge in [0.05, 0.1) is 12.7 Å². The highest BCUT2D eigenvalue weighted by molar-refractivity contribution is 7.67. The summed E-state index contributed by atoms with van der Waals surface area (Å²) in [6.07, 6.45) is 0. The van der Waals surface area contributed by atoms with E-state index in [9.17, 15) is 0 Å². The Bertz CT molecular complexity index is 256. The molecule has 1 rings (SSSR count). The minimum atomic E-state index is -1.45. The molecule has 1 nitrogen and oxygen atoms in total. The van der Waals surface area contributed by atoms with Gasteiger partial charge in [0.15, 0.2) is 7.83 Å². The molecule has 1 fully saturated rings. The molecule has 1 atom stereocenters. The van der Waals surface area contributed by atoms with Gasteiger partial charge >= 0.3 is 0 Å². The Morgan fingerprint density at radius 1 is 1.00 bits per heavy atom. The number of hydrogen-bond acceptors (Lipinski definition) is 1. The van der Waals surface area contributed by atoms with E-state index in [1.165, 1.54) is 6.04 Å². The van der Waals surface area contributed by atoms with Crippen LogP contribution in [-0.2, 0) is 4.43 Å². The maximum Gasteiger partial charge on any atom is 0.172 e. The summed E-state index contributed by atoms with van der Waals surface area (Å²) in [7, 11) is -3.65. The van der Waals surface area contributed by atoms with E-state index in [0.717, 1.165) is 0 Å². The molecule has 0 amide bonds. The molecule has 0 radical (unpaired) electrons. The van der Waals surface area contributed by atoms with Crippen LogP contribution in [0.5, 0.6) is 0 Å². The normalized spacial score (nSPS) is 36.4. The van der Waals surface area contributed by atoms with Crippen molar-refractivity contribution in [1.82, 2.24) is 0 Å². The second-order valence-electron chi connectivity index (χ2n) is 7.77. The maximum atomic E-state index is 6.71. The van der Waals surface area contributed by atoms with Gasteiger partial charge in [-0.05, 0) is 32.0 Å². The van der Waals surface area contributed by atoms with E-state index < -0.39 is 22.5 Å². The lowest BCUT2D eigenvalue weighted by molar-refractivity contribution is 0.0517. The van der Waals surface area contributed by atoms with E-state index >= 15 is 0 Å². The van der Waals surface area contributed by atoms with Gasteiger partial charge in [-0.1, -0.05) is 40.0 Å². The Hall–Kier alpha value is 0.611. The molecule has 16 heavy (non-hydrogen) atoms. The van der Waals surface area contributed by atoms with Crippen LogP contribution in [0, 0.1) is 5.92 Å². The van der Waals surface area contributed by atoms with Gasteiger partial charge < -0.3 is 4.43 Å². The van der Waals surface area contributed by atoms with Crippen LogP contribution in [0.15, 0.2) is 0 Å². The van der Waals surface area contributed by atoms with Crippen molar-refractivity contribution >= 4 is 22.5 Å². The summed E-state index contributed by atoms with van der Waals surface area (Å²) in [4.78, 5) is 0. The summed E-state index contributed by atoms with van der Waals surface area (Å²) in [5.41, 5.74) is 0.161. The van der Waals surface area contributed by atoms with E-state index in [1.54, 1.807) is 0 Å². The molecule has 1 heterocycles. The van der Waals surface area contributed by atoms with Crippen LogP contribution < -0.4 is 0 Å². The van der Waals surface area contributed by atoms with Crippen molar-refractivity contribution in [2.75, 3.05) is 0 Å². The topological polar surface area (TPSA) is 9.23 Å². The zero-order valence-corrected chi connectivity index (χ0v) is 15.7. The Morgan fingerprint density at radius 3 is 1.75 bits per heavy atom. The third kappa shape index (κ3) is 2.02. The van der Waals surface area contributed by atoms with Crippen LogP contribution in [0.3, 0.4) is 0 Å². The van der Waals surface area contributed by atoms with E-state index in [2.05, 4.69) is 60.1 Å². The van der Waals surface area contributed by atoms with Gasteiger partial charge in [0, 0.05) is 7.59 Å². The highest BCUT2D eigenvalue weighted by Crippen LogP contribution is 2.46. The molecule has 0 aromatic rings. The maximum absolute atomic E-state index is 6.71. The molecule has 1 aliphatic heterocycles. The monoisotopic (exact) mass is 274 g/mol. The molecule has 0 N–H and O–H groups in total. The second-order valence-corrected chi connectivity index (χ2v) is 35.0. The molecule has 0 bridgehead atoms. The molecular weight excluding hydrogens is 244 g/mol. The Labute approximate surface area is 105 Å². The van der Waals surface area contributed by atoms with Crippen LogP contribution in [-0.4, -0.2) is 28.1 Å². The van der Waals surface area contributed by atoms with Crippen LogP contribution >= 0.6 is 0 Å². The van der Waals surface area contributed by atoms with Gasteiger partial charge in [0.2, 0.25) is 0 Å². The van der Waals surface area contributed by atoms with Crippen molar-refractivity contribution < 1.29 is 4.43 Å². The molecular formula is C12H30OSi3. The van der Waals surface area contributed by atoms with Gasteiger partial charge in [0.1, 0.15) is 0 Å². The number of hydrogen-bond donors (Lipinski definition) is 0. The fraction of sp³-hybridized carbons (Fsp3) is 1.00. The third-order valence-corrected chi connectivity index (χ3v) is 46.2. The molecule has 0 aliphatic carbocycles. The van der Waals surface area contributed by atoms with Gasteiger partial charge in [-0.15, -0.1) is 0 Å². The predicted molar refractivity (Wildman–Crippen MR) is 81.6 cm³/mol. The summed E-state index contributed by atoms with van der Waals surface area (Å²) >= 11 is 0. The molecule has 1 aliphatic rings. The summed E-state index contributed by atoms with van der Waals surface area (Å²) in [5.74, 6) is 0.649. The van der Waals surface area contributed by atoms with Crippen molar-refractivity contribution in [3.05, 3.63) is 0 Å². The first-order chi connectivity index (χ1) is 6.86. The first-order valence-electron chi connectivity index (χ1n) is 6.56. The molecule has 4 heteroatoms. The average molecular weight is 275 g/mol. The van der Waals surface area contributed by atoms with Crippen molar-refractivity contribution in [2.24, 2.45) is 5.92 Å². The minimum Gasteiger partial charge on any atom is -0.415 e. The fourth-order valence-electron chi connectivity index (χ4n) is 2.98. The Kier molecular flexibility index (Phi) is 3.48. The van der Waals surface area contributed by atoms with Gasteiger partial charge in [-0.25, -0.2) is 0 Å². The SMILES string of the molecule is CC(C)C1(C)C[Si](C)(C)[Si](C)(C)[Si](C)(C)O1. The lowest BCUT2D eigenvalue weighted by atomic mass is 9.95. The zero-order valence-electron chi connectivity index (χ0n) is 12.7. The number of rotatable bonds is 1. The zero-order chi connectivity index (χ0) is 13.0. The summed E-state index contributed by atoms with van der Waals surface area (Å²) < 4.78 is 6.71. The van der Waals surface area contributed by atoms with Gasteiger partial charge in [0.25, 0.3) is 0 Å². The molecule has 96 valence electrons. The standard InChI is InChI=1S/C12H30OSi3/c1-11(2)12(3)10-14(4,5)16(8,9)15(6,7)13-12/h11H,10H2,1-9H3. The van der Waals surface area contributed by atoms with E-state index in [0.29, 0.717) is 5.92 Å². The minimum absolute atomic E-state index is 0.161. The third-order valence-electron chi connectivity index (χ3n) is 5.70. The van der Waals surface area contributed by atoms with E-state index in [1.807, 2.05) is 0 Å². The van der Waals surface area contributed by atoms with Crippen LogP contribution in [0.1, 0.15) is 20.8 Å².